The number of pyridine rings is 4. The van der Waals surface area contributed by atoms with Crippen molar-refractivity contribution in [3.05, 3.63) is 108 Å². The van der Waals surface area contributed by atoms with Crippen LogP contribution in [0.4, 0.5) is 5.00 Å². The zero-order valence-corrected chi connectivity index (χ0v) is 37.9. The van der Waals surface area contributed by atoms with E-state index < -0.39 is 0 Å². The lowest BCUT2D eigenvalue weighted by atomic mass is 10.1. The first kappa shape index (κ1) is 44.9. The van der Waals surface area contributed by atoms with Gasteiger partial charge in [0.25, 0.3) is 23.6 Å². The van der Waals surface area contributed by atoms with Gasteiger partial charge in [0.15, 0.2) is 11.5 Å². The van der Waals surface area contributed by atoms with E-state index in [0.29, 0.717) is 47.5 Å². The molecule has 59 heavy (non-hydrogen) atoms. The fourth-order valence-corrected chi connectivity index (χ4v) is 8.41. The van der Waals surface area contributed by atoms with Gasteiger partial charge < -0.3 is 34.9 Å². The van der Waals surface area contributed by atoms with E-state index in [1.54, 1.807) is 62.1 Å². The van der Waals surface area contributed by atoms with E-state index in [2.05, 4.69) is 72.5 Å². The van der Waals surface area contributed by atoms with Gasteiger partial charge in [-0.05, 0) is 111 Å². The molecule has 6 aromatic rings. The molecule has 6 aromatic heterocycles. The predicted octanol–water partition coefficient (Wildman–Crippen LogP) is 7.18. The van der Waals surface area contributed by atoms with Gasteiger partial charge in [0.2, 0.25) is 0 Å². The van der Waals surface area contributed by atoms with E-state index in [0.717, 1.165) is 52.0 Å². The van der Waals surface area contributed by atoms with Crippen molar-refractivity contribution in [3.8, 4) is 45.8 Å². The molecule has 0 unspecified atom stereocenters. The quantitative estimate of drug-likeness (QED) is 0.0939. The van der Waals surface area contributed by atoms with Gasteiger partial charge in [0.05, 0.1) is 83.3 Å². The number of hydrogen-bond donors (Lipinski definition) is 3. The highest BCUT2D eigenvalue weighted by atomic mass is 127. The van der Waals surface area contributed by atoms with Gasteiger partial charge in [-0.15, -0.1) is 22.7 Å². The number of ether oxygens (including phenoxy) is 4. The minimum atomic E-state index is -0.0792. The van der Waals surface area contributed by atoms with Gasteiger partial charge in [-0.1, -0.05) is 0 Å². The molecule has 8 heterocycles. The van der Waals surface area contributed by atoms with Crippen molar-refractivity contribution in [1.29, 1.82) is 0 Å². The third-order valence-electron chi connectivity index (χ3n) is 8.77. The molecule has 310 valence electrons. The van der Waals surface area contributed by atoms with Crippen LogP contribution in [0.3, 0.4) is 0 Å². The van der Waals surface area contributed by atoms with Crippen molar-refractivity contribution in [2.24, 2.45) is 0 Å². The fourth-order valence-electron chi connectivity index (χ4n) is 5.75. The molecule has 0 saturated heterocycles. The highest BCUT2D eigenvalue weighted by Gasteiger charge is 2.31. The summed E-state index contributed by atoms with van der Waals surface area (Å²) in [4.78, 5) is 46.1. The minimum Gasteiger partial charge on any atom is -0.491 e. The van der Waals surface area contributed by atoms with Crippen LogP contribution in [0.2, 0.25) is 0 Å². The van der Waals surface area contributed by atoms with Gasteiger partial charge >= 0.3 is 0 Å². The predicted molar refractivity (Wildman–Crippen MR) is 242 cm³/mol. The molecule has 0 spiro atoms. The normalized spacial score (nSPS) is 12.1. The Hall–Kier alpha value is -5.21. The third-order valence-corrected chi connectivity index (χ3v) is 11.6. The van der Waals surface area contributed by atoms with Crippen LogP contribution >= 0.6 is 45.3 Å². The van der Waals surface area contributed by atoms with Crippen molar-refractivity contribution >= 4 is 62.1 Å². The number of rotatable bonds is 10. The zero-order valence-electron chi connectivity index (χ0n) is 34.1. The smallest absolute Gasteiger partial charge is 0.261 e. The van der Waals surface area contributed by atoms with Crippen molar-refractivity contribution in [2.45, 2.75) is 26.9 Å². The molecular formula is C42H47IN8O6S2. The number of fused-ring (bicyclic) bond motifs is 2. The monoisotopic (exact) mass is 950 g/mol. The second-order valence-electron chi connectivity index (χ2n) is 12.8. The van der Waals surface area contributed by atoms with Gasteiger partial charge in [-0.2, -0.15) is 0 Å². The number of nitrogens with one attached hydrogen (secondary N) is 3. The Morgan fingerprint density at radius 3 is 1.71 bits per heavy atom. The number of likely N-dealkylation sites (N-methyl/N-ethyl adjacent to an activating group) is 2. The number of amides is 2. The number of aryl methyl sites for hydroxylation is 2. The van der Waals surface area contributed by atoms with Gasteiger partial charge in [0, 0.05) is 46.4 Å². The number of carbonyl (C=O) groups excluding carboxylic acids is 2. The zero-order chi connectivity index (χ0) is 42.5. The number of hydrogen-bond acceptors (Lipinski definition) is 14. The summed E-state index contributed by atoms with van der Waals surface area (Å²) >= 11 is 5.75. The van der Waals surface area contributed by atoms with Crippen molar-refractivity contribution < 1.29 is 28.5 Å². The summed E-state index contributed by atoms with van der Waals surface area (Å²) in [5.41, 5.74) is 5.90. The van der Waals surface area contributed by atoms with Crippen molar-refractivity contribution in [2.75, 3.05) is 60.5 Å². The molecule has 0 bridgehead atoms. The average molecular weight is 951 g/mol. The summed E-state index contributed by atoms with van der Waals surface area (Å²) in [5.74, 6) is 1.84. The fraction of sp³-hybridized carbons (Fsp3) is 0.286. The summed E-state index contributed by atoms with van der Waals surface area (Å²) < 4.78 is 22.2. The number of thiophene rings is 2. The Bertz CT molecular complexity index is 2350. The van der Waals surface area contributed by atoms with Crippen LogP contribution in [0.15, 0.2) is 73.1 Å². The summed E-state index contributed by atoms with van der Waals surface area (Å²) in [6, 6.07) is 19.1. The van der Waals surface area contributed by atoms with Crippen molar-refractivity contribution in [3.63, 3.8) is 0 Å². The molecule has 8 rings (SSSR count). The maximum atomic E-state index is 12.7. The molecule has 0 saturated carbocycles. The Labute approximate surface area is 365 Å². The maximum absolute atomic E-state index is 12.7. The van der Waals surface area contributed by atoms with E-state index in [-0.39, 0.29) is 11.8 Å². The van der Waals surface area contributed by atoms with Gasteiger partial charge in [0.1, 0.15) is 0 Å². The van der Waals surface area contributed by atoms with Crippen LogP contribution in [0, 0.1) is 16.7 Å². The van der Waals surface area contributed by atoms with Crippen molar-refractivity contribution in [1.82, 2.24) is 35.9 Å². The maximum Gasteiger partial charge on any atom is 0.261 e. The van der Waals surface area contributed by atoms with E-state index >= 15 is 0 Å². The highest BCUT2D eigenvalue weighted by Crippen LogP contribution is 2.35. The Morgan fingerprint density at radius 2 is 1.25 bits per heavy atom. The molecule has 2 aliphatic heterocycles. The first-order valence-corrected chi connectivity index (χ1v) is 21.1. The molecule has 2 amide bonds. The summed E-state index contributed by atoms with van der Waals surface area (Å²) in [6.07, 6.45) is 3.35. The van der Waals surface area contributed by atoms with Gasteiger partial charge in [-0.25, -0.2) is 9.97 Å². The first-order chi connectivity index (χ1) is 28.5. The second kappa shape index (κ2) is 21.7. The first-order valence-electron chi connectivity index (χ1n) is 18.4. The minimum absolute atomic E-state index is 0.00802. The highest BCUT2D eigenvalue weighted by molar-refractivity contribution is 14.1. The Balaban J connectivity index is 0.000000176. The number of carbonyl (C=O) groups is 2. The Morgan fingerprint density at radius 1 is 0.712 bits per heavy atom. The molecule has 17 heteroatoms. The number of methoxy groups -OCH3 is 4. The van der Waals surface area contributed by atoms with E-state index in [1.807, 2.05) is 68.8 Å². The molecule has 0 radical (unpaired) electrons. The van der Waals surface area contributed by atoms with Crippen LogP contribution in [0.25, 0.3) is 22.5 Å². The molecular weight excluding hydrogens is 904 g/mol. The van der Waals surface area contributed by atoms with Crippen LogP contribution < -0.4 is 39.8 Å². The molecule has 2 aliphatic rings. The van der Waals surface area contributed by atoms with Crippen LogP contribution in [-0.2, 0) is 13.1 Å². The lowest BCUT2D eigenvalue weighted by molar-refractivity contribution is 0.0964. The lowest BCUT2D eigenvalue weighted by Crippen LogP contribution is -2.21. The number of nitrogens with zero attached hydrogens (tertiary/aromatic N) is 5. The largest absolute Gasteiger partial charge is 0.491 e. The topological polar surface area (TPSA) is 162 Å². The number of anilines is 1. The van der Waals surface area contributed by atoms with Crippen LogP contribution in [-0.4, -0.2) is 87.4 Å². The average Bonchev–Trinajstić information content (AvgIpc) is 4.05. The molecule has 3 N–H and O–H groups in total. The standard InChI is InChI=1S/C19H17N3O3S.C14H13N3O3.C5H5IS.C4H12N2/c1-11-4-7-17(26-11)22-10-15-13(19(22)23)5-6-14(21-15)12-8-16(24-2)18(25-3)20-9-12;1-19-12-5-8(6-16-14(12)20-2)10-4-3-9-11(17-10)7-15-13(9)18;1-4-2-3-5(6)7-4;1-5-3-4-6-2/h4-9H,10H2,1-3H3;3-6H,7H2,1-2H3,(H,15,18);2-3H,1H3;5-6H,3-4H2,1-2H3. The number of halogens is 1. The SMILES string of the molecule is CNCCNC.COc1cc(-c2ccc3c(n2)CN(c2ccc(C)s2)C3=O)cnc1OC.COc1cc(-c2ccc3c(n2)CNC3=O)cnc1OC.Cc1ccc(I)s1. The lowest BCUT2D eigenvalue weighted by Gasteiger charge is -2.11. The van der Waals surface area contributed by atoms with E-state index in [9.17, 15) is 9.59 Å². The van der Waals surface area contributed by atoms with Crippen LogP contribution in [0.5, 0.6) is 23.3 Å². The van der Waals surface area contributed by atoms with Gasteiger partial charge in [-0.3, -0.25) is 24.5 Å². The molecule has 0 aromatic carbocycles. The summed E-state index contributed by atoms with van der Waals surface area (Å²) in [7, 11) is 10.1. The van der Waals surface area contributed by atoms with E-state index in [1.165, 1.54) is 19.7 Å². The molecule has 0 aliphatic carbocycles. The summed E-state index contributed by atoms with van der Waals surface area (Å²) in [6.45, 7) is 7.19. The molecule has 14 nitrogen and oxygen atoms in total. The molecule has 0 fully saturated rings. The Kier molecular flexibility index (Phi) is 16.5. The number of aromatic nitrogens is 4. The molecule has 0 atom stereocenters. The van der Waals surface area contributed by atoms with E-state index in [4.69, 9.17) is 23.9 Å². The van der Waals surface area contributed by atoms with Crippen LogP contribution in [0.1, 0.15) is 41.9 Å². The summed E-state index contributed by atoms with van der Waals surface area (Å²) in [5, 5.41) is 9.70. The third kappa shape index (κ3) is 11.5. The second-order valence-corrected chi connectivity index (χ2v) is 17.2.